The van der Waals surface area contributed by atoms with Crippen molar-refractivity contribution in [1.29, 1.82) is 0 Å². The van der Waals surface area contributed by atoms with Crippen molar-refractivity contribution in [3.8, 4) is 0 Å². The monoisotopic (exact) mass is 262 g/mol. The minimum atomic E-state index is -0.351. The fraction of sp³-hybridized carbons (Fsp3) is 0.625. The van der Waals surface area contributed by atoms with Gasteiger partial charge in [-0.1, -0.05) is 25.1 Å². The number of anilines is 1. The molecular formula is C16H26N2O. The highest BCUT2D eigenvalue weighted by Crippen LogP contribution is 2.30. The molecule has 1 saturated heterocycles. The average molecular weight is 262 g/mol. The van der Waals surface area contributed by atoms with Crippen LogP contribution < -0.4 is 4.90 Å². The highest BCUT2D eigenvalue weighted by Gasteiger charge is 2.24. The first-order valence-corrected chi connectivity index (χ1v) is 7.31. The van der Waals surface area contributed by atoms with E-state index < -0.39 is 0 Å². The van der Waals surface area contributed by atoms with Crippen molar-refractivity contribution in [1.82, 2.24) is 4.90 Å². The molecule has 1 N–H and O–H groups in total. The fourth-order valence-corrected chi connectivity index (χ4v) is 2.87. The molecular weight excluding hydrogens is 236 g/mol. The van der Waals surface area contributed by atoms with Crippen molar-refractivity contribution < 1.29 is 5.11 Å². The van der Waals surface area contributed by atoms with Gasteiger partial charge in [-0.05, 0) is 39.4 Å². The molecule has 0 amide bonds. The summed E-state index contributed by atoms with van der Waals surface area (Å²) in [7, 11) is 4.31. The Labute approximate surface area is 116 Å². The van der Waals surface area contributed by atoms with Crippen molar-refractivity contribution >= 4 is 5.69 Å². The standard InChI is InChI=1S/C16H26N2O/c1-4-16(19)14-9-5-6-10-15(14)18-11-7-8-13(12-18)17(2)3/h5-6,9-10,13,16,19H,4,7-8,11-12H2,1-3H3/t13?,16-/m1/s1. The zero-order chi connectivity index (χ0) is 13.8. The molecule has 0 bridgehead atoms. The van der Waals surface area contributed by atoms with Gasteiger partial charge in [-0.3, -0.25) is 0 Å². The van der Waals surface area contributed by atoms with Gasteiger partial charge >= 0.3 is 0 Å². The summed E-state index contributed by atoms with van der Waals surface area (Å²) >= 11 is 0. The lowest BCUT2D eigenvalue weighted by Gasteiger charge is -2.38. The Kier molecular flexibility index (Phi) is 4.83. The van der Waals surface area contributed by atoms with Gasteiger partial charge in [-0.25, -0.2) is 0 Å². The summed E-state index contributed by atoms with van der Waals surface area (Å²) in [5.41, 5.74) is 2.29. The van der Waals surface area contributed by atoms with Gasteiger partial charge in [0.2, 0.25) is 0 Å². The van der Waals surface area contributed by atoms with Gasteiger partial charge in [0.1, 0.15) is 0 Å². The molecule has 1 fully saturated rings. The summed E-state index contributed by atoms with van der Waals surface area (Å²) in [5, 5.41) is 10.2. The van der Waals surface area contributed by atoms with Crippen LogP contribution in [-0.4, -0.2) is 43.2 Å². The molecule has 0 saturated carbocycles. The molecule has 1 aliphatic heterocycles. The van der Waals surface area contributed by atoms with Gasteiger partial charge in [0.15, 0.2) is 0 Å². The number of benzene rings is 1. The summed E-state index contributed by atoms with van der Waals surface area (Å²) in [6, 6.07) is 8.90. The quantitative estimate of drug-likeness (QED) is 0.903. The second-order valence-electron chi connectivity index (χ2n) is 5.69. The highest BCUT2D eigenvalue weighted by molar-refractivity contribution is 5.55. The van der Waals surface area contributed by atoms with E-state index in [0.717, 1.165) is 25.1 Å². The minimum absolute atomic E-state index is 0.351. The van der Waals surface area contributed by atoms with Gasteiger partial charge in [0.25, 0.3) is 0 Å². The zero-order valence-corrected chi connectivity index (χ0v) is 12.3. The number of piperidine rings is 1. The number of hydrogen-bond acceptors (Lipinski definition) is 3. The maximum absolute atomic E-state index is 10.2. The van der Waals surface area contributed by atoms with Gasteiger partial charge in [-0.2, -0.15) is 0 Å². The van der Waals surface area contributed by atoms with Gasteiger partial charge < -0.3 is 14.9 Å². The number of hydrogen-bond donors (Lipinski definition) is 1. The fourth-order valence-electron chi connectivity index (χ4n) is 2.87. The third-order valence-corrected chi connectivity index (χ3v) is 4.15. The van der Waals surface area contributed by atoms with Crippen LogP contribution in [0.3, 0.4) is 0 Å². The van der Waals surface area contributed by atoms with Crippen LogP contribution in [0.4, 0.5) is 5.69 Å². The zero-order valence-electron chi connectivity index (χ0n) is 12.3. The average Bonchev–Trinajstić information content (AvgIpc) is 2.46. The van der Waals surface area contributed by atoms with Crippen LogP contribution in [0.2, 0.25) is 0 Å². The number of rotatable bonds is 4. The smallest absolute Gasteiger partial charge is 0.0807 e. The first-order chi connectivity index (χ1) is 9.13. The molecule has 0 aromatic heterocycles. The molecule has 1 unspecified atom stereocenters. The Morgan fingerprint density at radius 1 is 1.37 bits per heavy atom. The first kappa shape index (κ1) is 14.4. The van der Waals surface area contributed by atoms with Crippen LogP contribution in [0.1, 0.15) is 37.9 Å². The lowest BCUT2D eigenvalue weighted by Crippen LogP contribution is -2.45. The Bertz CT molecular complexity index is 405. The van der Waals surface area contributed by atoms with E-state index in [4.69, 9.17) is 0 Å². The van der Waals surface area contributed by atoms with E-state index in [0.29, 0.717) is 6.04 Å². The molecule has 1 aromatic rings. The number of likely N-dealkylation sites (N-methyl/N-ethyl adjacent to an activating group) is 1. The normalized spacial score (nSPS) is 21.7. The van der Waals surface area contributed by atoms with Crippen molar-refractivity contribution in [2.24, 2.45) is 0 Å². The molecule has 0 radical (unpaired) electrons. The van der Waals surface area contributed by atoms with Crippen molar-refractivity contribution in [3.05, 3.63) is 29.8 Å². The Balaban J connectivity index is 2.21. The predicted molar refractivity (Wildman–Crippen MR) is 80.6 cm³/mol. The number of nitrogens with zero attached hydrogens (tertiary/aromatic N) is 2. The van der Waals surface area contributed by atoms with Crippen LogP contribution in [0.15, 0.2) is 24.3 Å². The molecule has 19 heavy (non-hydrogen) atoms. The molecule has 1 aromatic carbocycles. The molecule has 3 heteroatoms. The highest BCUT2D eigenvalue weighted by atomic mass is 16.3. The summed E-state index contributed by atoms with van der Waals surface area (Å²) in [6.45, 7) is 4.18. The van der Waals surface area contributed by atoms with Gasteiger partial charge in [0.05, 0.1) is 6.10 Å². The molecule has 3 nitrogen and oxygen atoms in total. The van der Waals surface area contributed by atoms with Crippen LogP contribution >= 0.6 is 0 Å². The van der Waals surface area contributed by atoms with Crippen molar-refractivity contribution in [2.75, 3.05) is 32.1 Å². The summed E-state index contributed by atoms with van der Waals surface area (Å²) < 4.78 is 0. The van der Waals surface area contributed by atoms with E-state index in [9.17, 15) is 5.11 Å². The maximum atomic E-state index is 10.2. The Morgan fingerprint density at radius 2 is 2.11 bits per heavy atom. The van der Waals surface area contributed by atoms with Crippen LogP contribution in [0.5, 0.6) is 0 Å². The molecule has 1 aliphatic rings. The second-order valence-corrected chi connectivity index (χ2v) is 5.69. The molecule has 2 atom stereocenters. The van der Waals surface area contributed by atoms with Gasteiger partial charge in [-0.15, -0.1) is 0 Å². The topological polar surface area (TPSA) is 26.7 Å². The van der Waals surface area contributed by atoms with E-state index in [1.807, 2.05) is 13.0 Å². The lowest BCUT2D eigenvalue weighted by atomic mass is 10.00. The lowest BCUT2D eigenvalue weighted by molar-refractivity contribution is 0.173. The third kappa shape index (κ3) is 3.28. The minimum Gasteiger partial charge on any atom is -0.388 e. The summed E-state index contributed by atoms with van der Waals surface area (Å²) in [6.07, 6.45) is 2.90. The molecule has 1 heterocycles. The number of aliphatic hydroxyl groups excluding tert-OH is 1. The summed E-state index contributed by atoms with van der Waals surface area (Å²) in [4.78, 5) is 4.74. The predicted octanol–water partition coefficient (Wildman–Crippen LogP) is 2.66. The van der Waals surface area contributed by atoms with E-state index in [-0.39, 0.29) is 6.10 Å². The molecule has 106 valence electrons. The SMILES string of the molecule is CC[C@@H](O)c1ccccc1N1CCCC(N(C)C)C1. The van der Waals surface area contributed by atoms with Crippen molar-refractivity contribution in [2.45, 2.75) is 38.3 Å². The van der Waals surface area contributed by atoms with E-state index in [1.165, 1.54) is 18.5 Å². The van der Waals surface area contributed by atoms with E-state index >= 15 is 0 Å². The number of para-hydroxylation sites is 1. The van der Waals surface area contributed by atoms with Crippen LogP contribution in [0.25, 0.3) is 0 Å². The second kappa shape index (κ2) is 6.40. The third-order valence-electron chi connectivity index (χ3n) is 4.15. The maximum Gasteiger partial charge on any atom is 0.0807 e. The summed E-state index contributed by atoms with van der Waals surface area (Å²) in [5.74, 6) is 0. The molecule has 0 spiro atoms. The molecule has 0 aliphatic carbocycles. The van der Waals surface area contributed by atoms with Crippen molar-refractivity contribution in [3.63, 3.8) is 0 Å². The molecule has 2 rings (SSSR count). The van der Waals surface area contributed by atoms with E-state index in [2.05, 4.69) is 42.1 Å². The van der Waals surface area contributed by atoms with Crippen LogP contribution in [0, 0.1) is 0 Å². The Hall–Kier alpha value is -1.06. The van der Waals surface area contributed by atoms with Gasteiger partial charge in [0, 0.05) is 30.4 Å². The largest absolute Gasteiger partial charge is 0.388 e. The first-order valence-electron chi connectivity index (χ1n) is 7.31. The van der Waals surface area contributed by atoms with E-state index in [1.54, 1.807) is 0 Å². The Morgan fingerprint density at radius 3 is 2.79 bits per heavy atom. The van der Waals surface area contributed by atoms with Crippen LogP contribution in [-0.2, 0) is 0 Å². The number of aliphatic hydroxyl groups is 1.